The van der Waals surface area contributed by atoms with Crippen molar-refractivity contribution in [2.45, 2.75) is 19.6 Å². The highest BCUT2D eigenvalue weighted by atomic mass is 35.5. The topological polar surface area (TPSA) is 98.2 Å². The Hall–Kier alpha value is -2.67. The number of halogens is 1. The van der Waals surface area contributed by atoms with Gasteiger partial charge in [-0.25, -0.2) is 4.79 Å². The van der Waals surface area contributed by atoms with E-state index in [0.29, 0.717) is 10.6 Å². The maximum atomic E-state index is 12.1. The van der Waals surface area contributed by atoms with Gasteiger partial charge in [0.25, 0.3) is 5.56 Å². The Bertz CT molecular complexity index is 838. The number of nitrogens with one attached hydrogen (secondary N) is 1. The van der Waals surface area contributed by atoms with Crippen molar-refractivity contribution in [2.75, 3.05) is 0 Å². The molecule has 2 aromatic rings. The van der Waals surface area contributed by atoms with Gasteiger partial charge in [-0.05, 0) is 31.2 Å². The van der Waals surface area contributed by atoms with E-state index in [9.17, 15) is 19.2 Å². The van der Waals surface area contributed by atoms with E-state index < -0.39 is 29.9 Å². The molecule has 0 amide bonds. The molecule has 0 saturated heterocycles. The number of aromatic nitrogens is 2. The number of carbonyl (C=O) groups excluding carboxylic acids is 2. The van der Waals surface area contributed by atoms with E-state index >= 15 is 0 Å². The maximum absolute atomic E-state index is 12.1. The van der Waals surface area contributed by atoms with Gasteiger partial charge in [-0.1, -0.05) is 11.6 Å². The second-order valence-electron chi connectivity index (χ2n) is 4.74. The van der Waals surface area contributed by atoms with Crippen LogP contribution >= 0.6 is 11.6 Å². The van der Waals surface area contributed by atoms with E-state index in [-0.39, 0.29) is 5.78 Å². The molecule has 2 rings (SSSR count). The number of esters is 1. The number of nitrogens with zero attached hydrogens (tertiary/aromatic N) is 1. The van der Waals surface area contributed by atoms with Crippen LogP contribution in [0.3, 0.4) is 0 Å². The fourth-order valence-electron chi connectivity index (χ4n) is 1.84. The van der Waals surface area contributed by atoms with Gasteiger partial charge in [0.2, 0.25) is 5.78 Å². The molecule has 0 aliphatic heterocycles. The number of aromatic amines is 1. The smallest absolute Gasteiger partial charge is 0.328 e. The molecule has 0 aliphatic carbocycles. The lowest BCUT2D eigenvalue weighted by Gasteiger charge is -2.13. The molecule has 1 heterocycles. The van der Waals surface area contributed by atoms with Crippen LogP contribution in [0.2, 0.25) is 5.02 Å². The number of carbonyl (C=O) groups is 2. The third-order valence-corrected chi connectivity index (χ3v) is 3.25. The normalized spacial score (nSPS) is 11.7. The van der Waals surface area contributed by atoms with Gasteiger partial charge in [-0.2, -0.15) is 0 Å². The van der Waals surface area contributed by atoms with Crippen molar-refractivity contribution in [1.82, 2.24) is 9.55 Å². The lowest BCUT2D eigenvalue weighted by molar-refractivity contribution is -0.147. The highest BCUT2D eigenvalue weighted by Gasteiger charge is 2.19. The highest BCUT2D eigenvalue weighted by Crippen LogP contribution is 2.12. The Morgan fingerprint density at radius 3 is 2.48 bits per heavy atom. The van der Waals surface area contributed by atoms with E-state index in [1.54, 1.807) is 12.1 Å². The molecule has 0 unspecified atom stereocenters. The maximum Gasteiger partial charge on any atom is 0.328 e. The van der Waals surface area contributed by atoms with E-state index in [2.05, 4.69) is 0 Å². The number of hydrogen-bond donors (Lipinski definition) is 1. The average molecular weight is 337 g/mol. The standard InChI is InChI=1S/C15H13ClN2O5/c1-9(14(21)10-2-4-11(16)5-3-10)23-13(20)8-18-7-6-12(19)17-15(18)22/h2-7,9H,8H2,1H3,(H,17,19,22)/t9-/m1/s1. The summed E-state index contributed by atoms with van der Waals surface area (Å²) < 4.78 is 5.99. The first-order valence-corrected chi connectivity index (χ1v) is 7.03. The number of Topliss-reactive ketones (excluding diaryl/α,β-unsaturated/α-hetero) is 1. The Morgan fingerprint density at radius 1 is 1.22 bits per heavy atom. The molecule has 0 saturated carbocycles. The summed E-state index contributed by atoms with van der Waals surface area (Å²) in [6.45, 7) is 1.03. The Labute approximate surface area is 135 Å². The molecule has 7 nitrogen and oxygen atoms in total. The largest absolute Gasteiger partial charge is 0.453 e. The Morgan fingerprint density at radius 2 is 1.87 bits per heavy atom. The minimum Gasteiger partial charge on any atom is -0.453 e. The van der Waals surface area contributed by atoms with Gasteiger partial charge in [0.05, 0.1) is 0 Å². The summed E-state index contributed by atoms with van der Waals surface area (Å²) in [7, 11) is 0. The Balaban J connectivity index is 2.01. The first kappa shape index (κ1) is 16.7. The average Bonchev–Trinajstić information content (AvgIpc) is 2.50. The third kappa shape index (κ3) is 4.40. The summed E-state index contributed by atoms with van der Waals surface area (Å²) in [5.41, 5.74) is -0.937. The molecule has 1 atom stereocenters. The van der Waals surface area contributed by atoms with E-state index in [1.165, 1.54) is 25.3 Å². The molecule has 23 heavy (non-hydrogen) atoms. The fourth-order valence-corrected chi connectivity index (χ4v) is 1.97. The third-order valence-electron chi connectivity index (χ3n) is 3.00. The lowest BCUT2D eigenvalue weighted by Crippen LogP contribution is -2.33. The zero-order valence-electron chi connectivity index (χ0n) is 12.1. The SMILES string of the molecule is C[C@@H](OC(=O)Cn1ccc(=O)[nH]c1=O)C(=O)c1ccc(Cl)cc1. The minimum absolute atomic E-state index is 0.357. The molecule has 0 aliphatic rings. The van der Waals surface area contributed by atoms with Crippen LogP contribution in [0.5, 0.6) is 0 Å². The van der Waals surface area contributed by atoms with Gasteiger partial charge in [0, 0.05) is 22.8 Å². The second-order valence-corrected chi connectivity index (χ2v) is 5.18. The Kier molecular flexibility index (Phi) is 5.13. The summed E-state index contributed by atoms with van der Waals surface area (Å²) in [6, 6.07) is 7.28. The first-order valence-electron chi connectivity index (χ1n) is 6.66. The van der Waals surface area contributed by atoms with Crippen LogP contribution in [-0.4, -0.2) is 27.4 Å². The van der Waals surface area contributed by atoms with Gasteiger partial charge in [-0.15, -0.1) is 0 Å². The van der Waals surface area contributed by atoms with Crippen molar-refractivity contribution < 1.29 is 14.3 Å². The van der Waals surface area contributed by atoms with Crippen molar-refractivity contribution in [3.63, 3.8) is 0 Å². The zero-order chi connectivity index (χ0) is 17.0. The van der Waals surface area contributed by atoms with Gasteiger partial charge in [0.15, 0.2) is 6.10 Å². The molecule has 0 radical (unpaired) electrons. The molecule has 0 spiro atoms. The monoisotopic (exact) mass is 336 g/mol. The van der Waals surface area contributed by atoms with Gasteiger partial charge < -0.3 is 4.74 Å². The number of ketones is 1. The van der Waals surface area contributed by atoms with Crippen LogP contribution in [0.25, 0.3) is 0 Å². The molecule has 8 heteroatoms. The van der Waals surface area contributed by atoms with Crippen LogP contribution < -0.4 is 11.2 Å². The predicted octanol–water partition coefficient (Wildman–Crippen LogP) is 1.00. The van der Waals surface area contributed by atoms with E-state index in [0.717, 1.165) is 10.6 Å². The number of benzene rings is 1. The van der Waals surface area contributed by atoms with Crippen LogP contribution in [0, 0.1) is 0 Å². The highest BCUT2D eigenvalue weighted by molar-refractivity contribution is 6.30. The molecular weight excluding hydrogens is 324 g/mol. The molecule has 1 aromatic heterocycles. The summed E-state index contributed by atoms with van der Waals surface area (Å²) in [5, 5.41) is 0.489. The number of H-pyrrole nitrogens is 1. The fraction of sp³-hybridized carbons (Fsp3) is 0.200. The summed E-state index contributed by atoms with van der Waals surface area (Å²) in [5.74, 6) is -1.15. The number of rotatable bonds is 5. The first-order chi connectivity index (χ1) is 10.9. The zero-order valence-corrected chi connectivity index (χ0v) is 12.9. The lowest BCUT2D eigenvalue weighted by atomic mass is 10.1. The van der Waals surface area contributed by atoms with Gasteiger partial charge in [0.1, 0.15) is 6.54 Å². The second kappa shape index (κ2) is 7.06. The van der Waals surface area contributed by atoms with Crippen molar-refractivity contribution in [2.24, 2.45) is 0 Å². The van der Waals surface area contributed by atoms with Crippen LogP contribution in [0.4, 0.5) is 0 Å². The van der Waals surface area contributed by atoms with Crippen LogP contribution in [0.15, 0.2) is 46.1 Å². The molecule has 0 fully saturated rings. The summed E-state index contributed by atoms with van der Waals surface area (Å²) in [4.78, 5) is 48.3. The molecule has 1 aromatic carbocycles. The molecule has 1 N–H and O–H groups in total. The summed E-state index contributed by atoms with van der Waals surface area (Å²) in [6.07, 6.45) is 0.163. The van der Waals surface area contributed by atoms with Gasteiger partial charge in [-0.3, -0.25) is 23.9 Å². The van der Waals surface area contributed by atoms with E-state index in [1.807, 2.05) is 4.98 Å². The van der Waals surface area contributed by atoms with Crippen molar-refractivity contribution in [3.8, 4) is 0 Å². The van der Waals surface area contributed by atoms with Gasteiger partial charge >= 0.3 is 11.7 Å². The van der Waals surface area contributed by atoms with Crippen molar-refractivity contribution in [1.29, 1.82) is 0 Å². The molecular formula is C15H13ClN2O5. The summed E-state index contributed by atoms with van der Waals surface area (Å²) >= 11 is 5.74. The predicted molar refractivity (Wildman–Crippen MR) is 82.7 cm³/mol. The van der Waals surface area contributed by atoms with Crippen molar-refractivity contribution in [3.05, 3.63) is 68.0 Å². The van der Waals surface area contributed by atoms with E-state index in [4.69, 9.17) is 16.3 Å². The number of ether oxygens (including phenoxy) is 1. The molecule has 120 valence electrons. The van der Waals surface area contributed by atoms with Crippen LogP contribution in [0.1, 0.15) is 17.3 Å². The van der Waals surface area contributed by atoms with Crippen LogP contribution in [-0.2, 0) is 16.1 Å². The quantitative estimate of drug-likeness (QED) is 0.649. The minimum atomic E-state index is -1.01. The number of hydrogen-bond acceptors (Lipinski definition) is 5. The van der Waals surface area contributed by atoms with Crippen molar-refractivity contribution >= 4 is 23.4 Å². The molecule has 0 bridgehead atoms.